The summed E-state index contributed by atoms with van der Waals surface area (Å²) in [5.41, 5.74) is -0.148. The van der Waals surface area contributed by atoms with Gasteiger partial charge in [-0.15, -0.1) is 0 Å². The number of aromatic hydroxyl groups is 1. The van der Waals surface area contributed by atoms with Gasteiger partial charge in [0.1, 0.15) is 16.9 Å². The van der Waals surface area contributed by atoms with Crippen LogP contribution in [-0.2, 0) is 10.0 Å². The van der Waals surface area contributed by atoms with Crippen molar-refractivity contribution in [1.29, 1.82) is 0 Å². The number of piperazine rings is 1. The molecule has 10 nitrogen and oxygen atoms in total. The van der Waals surface area contributed by atoms with Crippen molar-refractivity contribution in [3.05, 3.63) is 40.3 Å². The second kappa shape index (κ2) is 10.3. The molecular formula is C22H28Cl2N6O4S2. The van der Waals surface area contributed by atoms with E-state index in [1.54, 1.807) is 6.07 Å². The summed E-state index contributed by atoms with van der Waals surface area (Å²) in [7, 11) is -2.09. The van der Waals surface area contributed by atoms with E-state index in [9.17, 15) is 13.5 Å². The molecule has 1 aromatic carbocycles. The number of phenolic OH excluding ortho intramolecular Hbond substituents is 1. The zero-order chi connectivity index (χ0) is 26.3. The Hall–Kier alpha value is -2.09. The summed E-state index contributed by atoms with van der Waals surface area (Å²) in [5, 5.41) is 17.8. The number of halogens is 2. The monoisotopic (exact) mass is 574 g/mol. The first kappa shape index (κ1) is 27.0. The van der Waals surface area contributed by atoms with Crippen LogP contribution < -0.4 is 10.6 Å². The molecule has 1 saturated heterocycles. The van der Waals surface area contributed by atoms with Crippen molar-refractivity contribution < 1.29 is 17.9 Å². The Morgan fingerprint density at radius 2 is 1.81 bits per heavy atom. The predicted molar refractivity (Wildman–Crippen MR) is 142 cm³/mol. The van der Waals surface area contributed by atoms with E-state index in [0.717, 1.165) is 11.7 Å². The predicted octanol–water partition coefficient (Wildman–Crippen LogP) is 5.02. The van der Waals surface area contributed by atoms with E-state index in [4.69, 9.17) is 27.6 Å². The van der Waals surface area contributed by atoms with Crippen LogP contribution in [0.3, 0.4) is 0 Å². The fourth-order valence-corrected chi connectivity index (χ4v) is 6.52. The lowest BCUT2D eigenvalue weighted by molar-refractivity contribution is 0.222. The number of aromatic nitrogens is 2. The number of nitrogens with zero attached hydrogens (tertiary/aromatic N) is 4. The lowest BCUT2D eigenvalue weighted by atomic mass is 9.85. The summed E-state index contributed by atoms with van der Waals surface area (Å²) in [5.74, 6) is 0.865. The van der Waals surface area contributed by atoms with E-state index in [1.165, 1.54) is 22.7 Å². The Kier molecular flexibility index (Phi) is 7.75. The number of hydrogen-bond donors (Lipinski definition) is 3. The van der Waals surface area contributed by atoms with Crippen LogP contribution in [0.5, 0.6) is 5.75 Å². The van der Waals surface area contributed by atoms with Gasteiger partial charge >= 0.3 is 0 Å². The topological polar surface area (TPSA) is 124 Å². The molecule has 196 valence electrons. The van der Waals surface area contributed by atoms with Crippen molar-refractivity contribution in [2.75, 3.05) is 43.9 Å². The Morgan fingerprint density at radius 3 is 2.42 bits per heavy atom. The molecule has 4 rings (SSSR count). The number of furan rings is 1. The van der Waals surface area contributed by atoms with Crippen LogP contribution in [0.15, 0.2) is 33.8 Å². The van der Waals surface area contributed by atoms with Crippen molar-refractivity contribution in [1.82, 2.24) is 18.0 Å². The molecule has 1 fully saturated rings. The van der Waals surface area contributed by atoms with Gasteiger partial charge in [-0.3, -0.25) is 0 Å². The standard InChI is InChI=1S/C22H28Cl2N6O4S2/c1-22(2,3)19(16-11-13(23)12-34-16)26-21-20(27-35-28-21)25-15-6-5-14(24)18(17(15)31)36(32,33)30-9-7-29(4)8-10-30/h5-6,11-12,19,31H,7-10H2,1-4H3,(H,25,27)(H,26,28)/t19-/m0/s1. The zero-order valence-corrected chi connectivity index (χ0v) is 23.4. The summed E-state index contributed by atoms with van der Waals surface area (Å²) in [6.07, 6.45) is 1.46. The third-order valence-electron chi connectivity index (χ3n) is 5.90. The molecule has 0 spiro atoms. The van der Waals surface area contributed by atoms with Crippen LogP contribution in [0.1, 0.15) is 32.6 Å². The van der Waals surface area contributed by atoms with Crippen molar-refractivity contribution in [2.24, 2.45) is 5.41 Å². The minimum Gasteiger partial charge on any atom is -0.504 e. The molecule has 0 saturated carbocycles. The molecule has 1 aliphatic rings. The SMILES string of the molecule is CN1CCN(S(=O)(=O)c2c(Cl)ccc(Nc3nsnc3N[C@@H](c3cc(Cl)co3)C(C)(C)C)c2O)CC1. The maximum atomic E-state index is 13.3. The quantitative estimate of drug-likeness (QED) is 0.333. The normalized spacial score (nSPS) is 16.7. The second-order valence-electron chi connectivity index (χ2n) is 9.68. The molecule has 36 heavy (non-hydrogen) atoms. The van der Waals surface area contributed by atoms with Gasteiger partial charge in [-0.1, -0.05) is 44.0 Å². The number of phenols is 1. The van der Waals surface area contributed by atoms with E-state index in [1.807, 2.05) is 32.7 Å². The number of sulfonamides is 1. The number of rotatable bonds is 7. The molecule has 1 atom stereocenters. The van der Waals surface area contributed by atoms with Gasteiger partial charge < -0.3 is 25.1 Å². The van der Waals surface area contributed by atoms with Gasteiger partial charge in [0.2, 0.25) is 10.0 Å². The van der Waals surface area contributed by atoms with Crippen LogP contribution in [0.25, 0.3) is 0 Å². The van der Waals surface area contributed by atoms with Gasteiger partial charge in [0.05, 0.1) is 33.5 Å². The van der Waals surface area contributed by atoms with Crippen LogP contribution >= 0.6 is 34.9 Å². The maximum Gasteiger partial charge on any atom is 0.248 e. The highest BCUT2D eigenvalue weighted by molar-refractivity contribution is 7.89. The Bertz CT molecular complexity index is 1330. The summed E-state index contributed by atoms with van der Waals surface area (Å²) >= 11 is 13.3. The van der Waals surface area contributed by atoms with Gasteiger partial charge in [-0.2, -0.15) is 13.1 Å². The summed E-state index contributed by atoms with van der Waals surface area (Å²) in [4.78, 5) is 1.70. The first-order valence-corrected chi connectivity index (χ1v) is 14.1. The molecule has 0 radical (unpaired) electrons. The van der Waals surface area contributed by atoms with Gasteiger partial charge in [-0.25, -0.2) is 8.42 Å². The van der Waals surface area contributed by atoms with Crippen LogP contribution in [0.4, 0.5) is 17.3 Å². The molecule has 3 heterocycles. The summed E-state index contributed by atoms with van der Waals surface area (Å²) in [6.45, 7) is 7.90. The molecule has 0 bridgehead atoms. The fraction of sp³-hybridized carbons (Fsp3) is 0.455. The van der Waals surface area contributed by atoms with E-state index in [-0.39, 0.29) is 27.1 Å². The molecule has 0 unspecified atom stereocenters. The number of anilines is 3. The Morgan fingerprint density at radius 1 is 1.14 bits per heavy atom. The molecule has 2 aromatic heterocycles. The van der Waals surface area contributed by atoms with Crippen molar-refractivity contribution in [3.63, 3.8) is 0 Å². The highest BCUT2D eigenvalue weighted by atomic mass is 35.5. The van der Waals surface area contributed by atoms with Gasteiger partial charge in [-0.05, 0) is 24.6 Å². The van der Waals surface area contributed by atoms with Crippen molar-refractivity contribution in [2.45, 2.75) is 31.7 Å². The molecule has 14 heteroatoms. The number of hydrogen-bond acceptors (Lipinski definition) is 10. The Labute approximate surface area is 224 Å². The lowest BCUT2D eigenvalue weighted by Crippen LogP contribution is -2.47. The minimum absolute atomic E-state index is 0.0609. The van der Waals surface area contributed by atoms with E-state index < -0.39 is 15.8 Å². The summed E-state index contributed by atoms with van der Waals surface area (Å²) < 4.78 is 42.3. The average Bonchev–Trinajstić information content (AvgIpc) is 3.41. The lowest BCUT2D eigenvalue weighted by Gasteiger charge is -2.32. The number of nitrogens with one attached hydrogen (secondary N) is 2. The van der Waals surface area contributed by atoms with E-state index in [0.29, 0.717) is 48.6 Å². The van der Waals surface area contributed by atoms with E-state index >= 15 is 0 Å². The fourth-order valence-electron chi connectivity index (χ4n) is 3.87. The molecule has 3 N–H and O–H groups in total. The second-order valence-corrected chi connectivity index (χ2v) is 12.9. The first-order valence-electron chi connectivity index (χ1n) is 11.2. The molecule has 0 amide bonds. The number of likely N-dealkylation sites (N-methyl/N-ethyl adjacent to an activating group) is 1. The van der Waals surface area contributed by atoms with Crippen LogP contribution in [-0.4, -0.2) is 64.7 Å². The van der Waals surface area contributed by atoms with Crippen molar-refractivity contribution >= 4 is 62.3 Å². The van der Waals surface area contributed by atoms with Gasteiger partial charge in [0, 0.05) is 32.2 Å². The molecule has 3 aromatic rings. The third kappa shape index (κ3) is 5.58. The minimum atomic E-state index is -4.02. The van der Waals surface area contributed by atoms with E-state index in [2.05, 4.69) is 19.4 Å². The van der Waals surface area contributed by atoms with Crippen LogP contribution in [0.2, 0.25) is 10.0 Å². The largest absolute Gasteiger partial charge is 0.504 e. The molecular weight excluding hydrogens is 547 g/mol. The van der Waals surface area contributed by atoms with Gasteiger partial charge in [0.15, 0.2) is 17.4 Å². The first-order chi connectivity index (χ1) is 16.9. The third-order valence-corrected chi connectivity index (χ3v) is 9.03. The maximum absolute atomic E-state index is 13.3. The van der Waals surface area contributed by atoms with Crippen LogP contribution in [0, 0.1) is 5.41 Å². The number of benzene rings is 1. The Balaban J connectivity index is 1.63. The highest BCUT2D eigenvalue weighted by Gasteiger charge is 2.34. The van der Waals surface area contributed by atoms with Crippen molar-refractivity contribution in [3.8, 4) is 5.75 Å². The smallest absolute Gasteiger partial charge is 0.248 e. The van der Waals surface area contributed by atoms with Gasteiger partial charge in [0.25, 0.3) is 0 Å². The zero-order valence-electron chi connectivity index (χ0n) is 20.2. The summed E-state index contributed by atoms with van der Waals surface area (Å²) in [6, 6.07) is 4.36. The average molecular weight is 576 g/mol. The molecule has 0 aliphatic carbocycles. The highest BCUT2D eigenvalue weighted by Crippen LogP contribution is 2.42. The molecule has 1 aliphatic heterocycles.